The van der Waals surface area contributed by atoms with Crippen LogP contribution in [0.25, 0.3) is 17.0 Å². The number of aryl methyl sites for hydroxylation is 1. The van der Waals surface area contributed by atoms with Crippen molar-refractivity contribution in [2.45, 2.75) is 13.0 Å². The van der Waals surface area contributed by atoms with Crippen LogP contribution in [0.3, 0.4) is 0 Å². The maximum absolute atomic E-state index is 14.2. The summed E-state index contributed by atoms with van der Waals surface area (Å²) in [6.45, 7) is 1.90. The summed E-state index contributed by atoms with van der Waals surface area (Å²) in [5.41, 5.74) is 3.45. The van der Waals surface area contributed by atoms with Crippen LogP contribution in [0.5, 0.6) is 0 Å². The number of rotatable bonds is 4. The summed E-state index contributed by atoms with van der Waals surface area (Å²) in [7, 11) is 0. The Labute approximate surface area is 194 Å². The lowest BCUT2D eigenvalue weighted by atomic mass is 9.94. The standard InChI is InChI=1S/C27H19FN2O4/c1-16-5-7-18(8-6-16)25(31)23-24(19-3-2-4-20(28)15-19)30(27(33)26(23)32)21-11-9-17(10-12-21)22-13-14-34-29-22/h2-15,24,31H,1H3. The van der Waals surface area contributed by atoms with Crippen LogP contribution in [-0.4, -0.2) is 22.0 Å². The van der Waals surface area contributed by atoms with E-state index in [-0.39, 0.29) is 11.3 Å². The number of halogens is 1. The van der Waals surface area contributed by atoms with Crippen LogP contribution in [0.4, 0.5) is 10.1 Å². The van der Waals surface area contributed by atoms with E-state index in [1.807, 2.05) is 6.92 Å². The molecule has 1 fully saturated rings. The highest BCUT2D eigenvalue weighted by molar-refractivity contribution is 6.51. The third-order valence-electron chi connectivity index (χ3n) is 5.81. The predicted octanol–water partition coefficient (Wildman–Crippen LogP) is 5.42. The van der Waals surface area contributed by atoms with E-state index in [2.05, 4.69) is 5.16 Å². The number of aromatic nitrogens is 1. The third-order valence-corrected chi connectivity index (χ3v) is 5.81. The van der Waals surface area contributed by atoms with Gasteiger partial charge in [-0.2, -0.15) is 0 Å². The predicted molar refractivity (Wildman–Crippen MR) is 124 cm³/mol. The lowest BCUT2D eigenvalue weighted by molar-refractivity contribution is -0.132. The van der Waals surface area contributed by atoms with Crippen LogP contribution in [0.2, 0.25) is 0 Å². The fraction of sp³-hybridized carbons (Fsp3) is 0.0741. The fourth-order valence-electron chi connectivity index (χ4n) is 4.11. The van der Waals surface area contributed by atoms with Crippen LogP contribution in [0.15, 0.2) is 95.2 Å². The number of Topliss-reactive ketones (excluding diaryl/α,β-unsaturated/α-hetero) is 1. The van der Waals surface area contributed by atoms with Gasteiger partial charge in [0.25, 0.3) is 11.7 Å². The van der Waals surface area contributed by atoms with Gasteiger partial charge in [0, 0.05) is 22.9 Å². The first kappa shape index (κ1) is 21.3. The summed E-state index contributed by atoms with van der Waals surface area (Å²) in [5.74, 6) is -2.47. The Balaban J connectivity index is 1.66. The van der Waals surface area contributed by atoms with Crippen molar-refractivity contribution in [3.63, 3.8) is 0 Å². The van der Waals surface area contributed by atoms with Crippen molar-refractivity contribution >= 4 is 23.1 Å². The normalized spacial score (nSPS) is 17.4. The molecule has 0 saturated carbocycles. The highest BCUT2D eigenvalue weighted by Gasteiger charge is 2.47. The molecular weight excluding hydrogens is 435 g/mol. The molecule has 6 nitrogen and oxygen atoms in total. The van der Waals surface area contributed by atoms with Gasteiger partial charge >= 0.3 is 0 Å². The molecule has 34 heavy (non-hydrogen) atoms. The van der Waals surface area contributed by atoms with Crippen molar-refractivity contribution in [2.24, 2.45) is 0 Å². The molecule has 1 atom stereocenters. The molecule has 1 aliphatic rings. The molecule has 4 aromatic rings. The first-order valence-electron chi connectivity index (χ1n) is 10.6. The number of aliphatic hydroxyl groups excluding tert-OH is 1. The average molecular weight is 454 g/mol. The second-order valence-electron chi connectivity index (χ2n) is 8.02. The Bertz CT molecular complexity index is 1410. The van der Waals surface area contributed by atoms with E-state index in [1.54, 1.807) is 60.7 Å². The van der Waals surface area contributed by atoms with Gasteiger partial charge in [0.05, 0.1) is 11.6 Å². The SMILES string of the molecule is Cc1ccc(C(O)=C2C(=O)C(=O)N(c3ccc(-c4ccon4)cc3)C2c2cccc(F)c2)cc1. The van der Waals surface area contributed by atoms with Crippen LogP contribution in [-0.2, 0) is 9.59 Å². The summed E-state index contributed by atoms with van der Waals surface area (Å²) < 4.78 is 19.0. The number of carbonyl (C=O) groups is 2. The first-order chi connectivity index (χ1) is 16.4. The summed E-state index contributed by atoms with van der Waals surface area (Å²) >= 11 is 0. The average Bonchev–Trinajstić information content (AvgIpc) is 3.47. The van der Waals surface area contributed by atoms with Crippen molar-refractivity contribution in [3.05, 3.63) is 113 Å². The van der Waals surface area contributed by atoms with Gasteiger partial charge in [0.1, 0.15) is 23.5 Å². The molecule has 7 heteroatoms. The minimum Gasteiger partial charge on any atom is -0.507 e. The molecular formula is C27H19FN2O4. The molecule has 1 aliphatic heterocycles. The lowest BCUT2D eigenvalue weighted by Crippen LogP contribution is -2.29. The first-order valence-corrected chi connectivity index (χ1v) is 10.6. The summed E-state index contributed by atoms with van der Waals surface area (Å²) in [6.07, 6.45) is 1.46. The zero-order valence-corrected chi connectivity index (χ0v) is 18.1. The molecule has 3 aromatic carbocycles. The third kappa shape index (κ3) is 3.67. The highest BCUT2D eigenvalue weighted by atomic mass is 19.1. The number of ketones is 1. The topological polar surface area (TPSA) is 83.6 Å². The molecule has 0 radical (unpaired) electrons. The van der Waals surface area contributed by atoms with E-state index in [0.717, 1.165) is 11.1 Å². The Hall–Kier alpha value is -4.52. The molecule has 5 rings (SSSR count). The number of carbonyl (C=O) groups excluding carboxylic acids is 2. The molecule has 1 N–H and O–H groups in total. The van der Waals surface area contributed by atoms with Crippen molar-refractivity contribution in [3.8, 4) is 11.3 Å². The van der Waals surface area contributed by atoms with Gasteiger partial charge < -0.3 is 9.63 Å². The molecule has 1 saturated heterocycles. The van der Waals surface area contributed by atoms with Gasteiger partial charge in [0.2, 0.25) is 0 Å². The van der Waals surface area contributed by atoms with Crippen molar-refractivity contribution < 1.29 is 23.6 Å². The van der Waals surface area contributed by atoms with E-state index in [1.165, 1.54) is 29.4 Å². The Morgan fingerprint density at radius 1 is 1.00 bits per heavy atom. The molecule has 2 heterocycles. The Morgan fingerprint density at radius 2 is 1.74 bits per heavy atom. The van der Waals surface area contributed by atoms with Crippen LogP contribution < -0.4 is 4.90 Å². The summed E-state index contributed by atoms with van der Waals surface area (Å²) in [5, 5.41) is 15.0. The van der Waals surface area contributed by atoms with Gasteiger partial charge in [-0.1, -0.05) is 59.3 Å². The molecule has 0 bridgehead atoms. The number of anilines is 1. The maximum atomic E-state index is 14.2. The van der Waals surface area contributed by atoms with Crippen molar-refractivity contribution in [2.75, 3.05) is 4.90 Å². The van der Waals surface area contributed by atoms with Crippen molar-refractivity contribution in [1.29, 1.82) is 0 Å². The minimum absolute atomic E-state index is 0.0972. The van der Waals surface area contributed by atoms with E-state index < -0.39 is 23.5 Å². The number of aliphatic hydroxyl groups is 1. The zero-order chi connectivity index (χ0) is 23.8. The Morgan fingerprint density at radius 3 is 2.38 bits per heavy atom. The number of hydrogen-bond donors (Lipinski definition) is 1. The maximum Gasteiger partial charge on any atom is 0.300 e. The number of amides is 1. The van der Waals surface area contributed by atoms with Crippen LogP contribution in [0.1, 0.15) is 22.7 Å². The quantitative estimate of drug-likeness (QED) is 0.253. The summed E-state index contributed by atoms with van der Waals surface area (Å²) in [6, 6.07) is 20.1. The molecule has 1 unspecified atom stereocenters. The second-order valence-corrected chi connectivity index (χ2v) is 8.02. The van der Waals surface area contributed by atoms with E-state index in [4.69, 9.17) is 4.52 Å². The largest absolute Gasteiger partial charge is 0.507 e. The molecule has 0 aliphatic carbocycles. The van der Waals surface area contributed by atoms with E-state index in [0.29, 0.717) is 22.5 Å². The van der Waals surface area contributed by atoms with Gasteiger partial charge in [-0.15, -0.1) is 0 Å². The summed E-state index contributed by atoms with van der Waals surface area (Å²) in [4.78, 5) is 27.6. The van der Waals surface area contributed by atoms with Crippen LogP contribution in [0, 0.1) is 12.7 Å². The van der Waals surface area contributed by atoms with E-state index >= 15 is 0 Å². The van der Waals surface area contributed by atoms with Gasteiger partial charge in [-0.3, -0.25) is 14.5 Å². The fourth-order valence-corrected chi connectivity index (χ4v) is 4.11. The van der Waals surface area contributed by atoms with Crippen LogP contribution >= 0.6 is 0 Å². The lowest BCUT2D eigenvalue weighted by Gasteiger charge is -2.25. The number of hydrogen-bond acceptors (Lipinski definition) is 5. The molecule has 1 amide bonds. The number of nitrogens with zero attached hydrogens (tertiary/aromatic N) is 2. The van der Waals surface area contributed by atoms with Gasteiger partial charge in [0.15, 0.2) is 0 Å². The molecule has 1 aromatic heterocycles. The highest BCUT2D eigenvalue weighted by Crippen LogP contribution is 2.42. The monoisotopic (exact) mass is 454 g/mol. The molecule has 0 spiro atoms. The molecule has 168 valence electrons. The van der Waals surface area contributed by atoms with E-state index in [9.17, 15) is 19.1 Å². The van der Waals surface area contributed by atoms with Gasteiger partial charge in [-0.05, 0) is 36.8 Å². The van der Waals surface area contributed by atoms with Gasteiger partial charge in [-0.25, -0.2) is 4.39 Å². The second kappa shape index (κ2) is 8.44. The van der Waals surface area contributed by atoms with Crippen molar-refractivity contribution in [1.82, 2.24) is 5.16 Å². The smallest absolute Gasteiger partial charge is 0.300 e. The Kier molecular flexibility index (Phi) is 5.30. The number of benzene rings is 3. The zero-order valence-electron chi connectivity index (χ0n) is 18.1. The minimum atomic E-state index is -1.00.